The van der Waals surface area contributed by atoms with E-state index < -0.39 is 0 Å². The zero-order valence-electron chi connectivity index (χ0n) is 14.3. The van der Waals surface area contributed by atoms with Crippen molar-refractivity contribution in [2.75, 3.05) is 36.0 Å². The fraction of sp³-hybridized carbons (Fsp3) is 0.526. The molecule has 0 radical (unpaired) electrons. The van der Waals surface area contributed by atoms with E-state index in [1.165, 1.54) is 36.6 Å². The third-order valence-electron chi connectivity index (χ3n) is 5.15. The molecular formula is C19H26N4S. The van der Waals surface area contributed by atoms with Crippen LogP contribution in [0.4, 0.5) is 10.8 Å². The highest BCUT2D eigenvalue weighted by Gasteiger charge is 2.27. The van der Waals surface area contributed by atoms with Gasteiger partial charge in [0.2, 0.25) is 0 Å². The lowest BCUT2D eigenvalue weighted by atomic mass is 10.0. The number of hydrogen-bond acceptors (Lipinski definition) is 5. The lowest BCUT2D eigenvalue weighted by Crippen LogP contribution is -2.47. The normalized spacial score (nSPS) is 22.3. The van der Waals surface area contributed by atoms with Gasteiger partial charge in [-0.05, 0) is 38.3 Å². The summed E-state index contributed by atoms with van der Waals surface area (Å²) >= 11 is 1.78. The molecule has 0 bridgehead atoms. The van der Waals surface area contributed by atoms with Crippen molar-refractivity contribution in [3.05, 3.63) is 41.4 Å². The molecule has 2 aliphatic rings. The van der Waals surface area contributed by atoms with Gasteiger partial charge in [-0.25, -0.2) is 4.98 Å². The Morgan fingerprint density at radius 1 is 1.00 bits per heavy atom. The van der Waals surface area contributed by atoms with Gasteiger partial charge in [-0.15, -0.1) is 11.3 Å². The first-order chi connectivity index (χ1) is 11.8. The zero-order valence-corrected chi connectivity index (χ0v) is 15.1. The smallest absolute Gasteiger partial charge is 0.185 e. The molecule has 1 aromatic carbocycles. The number of anilines is 2. The van der Waals surface area contributed by atoms with Crippen LogP contribution in [0.1, 0.15) is 25.0 Å². The fourth-order valence-corrected chi connectivity index (χ4v) is 4.68. The standard InChI is InChI=1S/C19H26N4S/c1-15-14-24-19(20-15)22-10-7-16(8-11-22)21-17-9-12-23(13-17)18-5-3-2-4-6-18/h2-6,14,16-17,21H,7-13H2,1H3. The summed E-state index contributed by atoms with van der Waals surface area (Å²) in [5, 5.41) is 7.25. The molecule has 1 aromatic heterocycles. The molecule has 0 saturated carbocycles. The minimum absolute atomic E-state index is 0.629. The van der Waals surface area contributed by atoms with Crippen molar-refractivity contribution >= 4 is 22.2 Å². The number of aromatic nitrogens is 1. The van der Waals surface area contributed by atoms with Gasteiger partial charge in [-0.3, -0.25) is 0 Å². The maximum Gasteiger partial charge on any atom is 0.185 e. The SMILES string of the molecule is Cc1csc(N2CCC(NC3CCN(c4ccccc4)C3)CC2)n1. The van der Waals surface area contributed by atoms with Crippen LogP contribution in [-0.4, -0.2) is 43.2 Å². The lowest BCUT2D eigenvalue weighted by molar-refractivity contribution is 0.377. The van der Waals surface area contributed by atoms with Crippen molar-refractivity contribution in [3.63, 3.8) is 0 Å². The number of nitrogens with one attached hydrogen (secondary N) is 1. The molecule has 0 amide bonds. The molecule has 1 N–H and O–H groups in total. The summed E-state index contributed by atoms with van der Waals surface area (Å²) < 4.78 is 0. The second kappa shape index (κ2) is 7.11. The Hall–Kier alpha value is -1.59. The molecule has 1 unspecified atom stereocenters. The first-order valence-corrected chi connectivity index (χ1v) is 9.89. The summed E-state index contributed by atoms with van der Waals surface area (Å²) in [6.07, 6.45) is 3.70. The topological polar surface area (TPSA) is 31.4 Å². The predicted octanol–water partition coefficient (Wildman–Crippen LogP) is 3.29. The Balaban J connectivity index is 1.26. The van der Waals surface area contributed by atoms with Gasteiger partial charge in [0.25, 0.3) is 0 Å². The lowest BCUT2D eigenvalue weighted by Gasteiger charge is -2.33. The summed E-state index contributed by atoms with van der Waals surface area (Å²) in [5.41, 5.74) is 2.50. The molecular weight excluding hydrogens is 316 g/mol. The van der Waals surface area contributed by atoms with Crippen LogP contribution in [0, 0.1) is 6.92 Å². The van der Waals surface area contributed by atoms with E-state index >= 15 is 0 Å². The zero-order chi connectivity index (χ0) is 16.4. The molecule has 2 saturated heterocycles. The van der Waals surface area contributed by atoms with Crippen LogP contribution in [0.25, 0.3) is 0 Å². The highest BCUT2D eigenvalue weighted by Crippen LogP contribution is 2.25. The Morgan fingerprint density at radius 2 is 1.71 bits per heavy atom. The van der Waals surface area contributed by atoms with E-state index in [0.717, 1.165) is 25.3 Å². The molecule has 0 aliphatic carbocycles. The van der Waals surface area contributed by atoms with Crippen LogP contribution in [-0.2, 0) is 0 Å². The van der Waals surface area contributed by atoms with Gasteiger partial charge in [-0.2, -0.15) is 0 Å². The Bertz CT molecular complexity index is 648. The van der Waals surface area contributed by atoms with Gasteiger partial charge in [0.1, 0.15) is 0 Å². The highest BCUT2D eigenvalue weighted by atomic mass is 32.1. The van der Waals surface area contributed by atoms with Gasteiger partial charge >= 0.3 is 0 Å². The van der Waals surface area contributed by atoms with Crippen LogP contribution in [0.2, 0.25) is 0 Å². The van der Waals surface area contributed by atoms with Crippen molar-refractivity contribution in [2.24, 2.45) is 0 Å². The summed E-state index contributed by atoms with van der Waals surface area (Å²) in [5.74, 6) is 0. The molecule has 2 aliphatic heterocycles. The largest absolute Gasteiger partial charge is 0.370 e. The summed E-state index contributed by atoms with van der Waals surface area (Å²) in [4.78, 5) is 9.57. The number of hydrogen-bond donors (Lipinski definition) is 1. The minimum Gasteiger partial charge on any atom is -0.370 e. The molecule has 2 aromatic rings. The summed E-state index contributed by atoms with van der Waals surface area (Å²) in [6, 6.07) is 12.1. The quantitative estimate of drug-likeness (QED) is 0.924. The highest BCUT2D eigenvalue weighted by molar-refractivity contribution is 7.13. The number of benzene rings is 1. The van der Waals surface area contributed by atoms with E-state index in [-0.39, 0.29) is 0 Å². The van der Waals surface area contributed by atoms with E-state index in [4.69, 9.17) is 0 Å². The maximum atomic E-state index is 4.62. The van der Waals surface area contributed by atoms with E-state index in [9.17, 15) is 0 Å². The molecule has 1 atom stereocenters. The average molecular weight is 343 g/mol. The van der Waals surface area contributed by atoms with Crippen molar-refractivity contribution in [1.82, 2.24) is 10.3 Å². The number of thiazole rings is 1. The molecule has 128 valence electrons. The number of aryl methyl sites for hydroxylation is 1. The molecule has 4 rings (SSSR count). The van der Waals surface area contributed by atoms with Crippen LogP contribution in [0.3, 0.4) is 0 Å². The van der Waals surface area contributed by atoms with Crippen molar-refractivity contribution < 1.29 is 0 Å². The molecule has 24 heavy (non-hydrogen) atoms. The van der Waals surface area contributed by atoms with Crippen LogP contribution >= 0.6 is 11.3 Å². The molecule has 5 heteroatoms. The van der Waals surface area contributed by atoms with E-state index in [1.54, 1.807) is 11.3 Å². The van der Waals surface area contributed by atoms with E-state index in [1.807, 2.05) is 0 Å². The third-order valence-corrected chi connectivity index (χ3v) is 6.17. The monoisotopic (exact) mass is 342 g/mol. The van der Waals surface area contributed by atoms with Crippen molar-refractivity contribution in [3.8, 4) is 0 Å². The van der Waals surface area contributed by atoms with E-state index in [2.05, 4.69) is 62.7 Å². The van der Waals surface area contributed by atoms with E-state index in [0.29, 0.717) is 12.1 Å². The van der Waals surface area contributed by atoms with Gasteiger partial charge in [0, 0.05) is 49.3 Å². The second-order valence-electron chi connectivity index (χ2n) is 6.97. The molecule has 4 nitrogen and oxygen atoms in total. The summed E-state index contributed by atoms with van der Waals surface area (Å²) in [6.45, 7) is 6.63. The summed E-state index contributed by atoms with van der Waals surface area (Å²) in [7, 11) is 0. The number of para-hydroxylation sites is 1. The number of rotatable bonds is 4. The van der Waals surface area contributed by atoms with Gasteiger partial charge in [0.15, 0.2) is 5.13 Å². The number of piperidine rings is 1. The minimum atomic E-state index is 0.629. The van der Waals surface area contributed by atoms with Crippen LogP contribution in [0.5, 0.6) is 0 Å². The first-order valence-electron chi connectivity index (χ1n) is 9.01. The Morgan fingerprint density at radius 3 is 2.42 bits per heavy atom. The Labute approximate surface area is 148 Å². The van der Waals surface area contributed by atoms with Crippen LogP contribution < -0.4 is 15.1 Å². The second-order valence-corrected chi connectivity index (χ2v) is 7.80. The van der Waals surface area contributed by atoms with Gasteiger partial charge in [0.05, 0.1) is 5.69 Å². The number of nitrogens with zero attached hydrogens (tertiary/aromatic N) is 3. The predicted molar refractivity (Wildman–Crippen MR) is 102 cm³/mol. The van der Waals surface area contributed by atoms with Gasteiger partial charge < -0.3 is 15.1 Å². The first kappa shape index (κ1) is 15.9. The van der Waals surface area contributed by atoms with Crippen LogP contribution in [0.15, 0.2) is 35.7 Å². The molecule has 2 fully saturated rings. The molecule has 0 spiro atoms. The third kappa shape index (κ3) is 3.57. The maximum absolute atomic E-state index is 4.62. The molecule has 3 heterocycles. The Kier molecular flexibility index (Phi) is 4.72. The average Bonchev–Trinajstić information content (AvgIpc) is 3.26. The fourth-order valence-electron chi connectivity index (χ4n) is 3.83. The van der Waals surface area contributed by atoms with Gasteiger partial charge in [-0.1, -0.05) is 18.2 Å². The van der Waals surface area contributed by atoms with Crippen molar-refractivity contribution in [1.29, 1.82) is 0 Å². The van der Waals surface area contributed by atoms with Crippen molar-refractivity contribution in [2.45, 2.75) is 38.3 Å².